The number of benzene rings is 2. The van der Waals surface area contributed by atoms with E-state index in [1.807, 2.05) is 41.3 Å². The zero-order valence-electron chi connectivity index (χ0n) is 24.4. The van der Waals surface area contributed by atoms with Gasteiger partial charge >= 0.3 is 0 Å². The van der Waals surface area contributed by atoms with Crippen molar-refractivity contribution in [3.8, 4) is 11.1 Å². The third-order valence-corrected chi connectivity index (χ3v) is 11.7. The number of amides is 1. The Hall–Kier alpha value is -3.27. The van der Waals surface area contributed by atoms with E-state index in [2.05, 4.69) is 14.9 Å². The van der Waals surface area contributed by atoms with Gasteiger partial charge in [0.2, 0.25) is 27.7 Å². The van der Waals surface area contributed by atoms with Crippen LogP contribution in [-0.4, -0.2) is 43.0 Å². The number of anilines is 2. The summed E-state index contributed by atoms with van der Waals surface area (Å²) < 4.78 is 46.5. The number of hydrogen-bond acceptors (Lipinski definition) is 6. The molecule has 10 rings (SSSR count). The maximum absolute atomic E-state index is 14.6. The number of fused-ring (bicyclic) bond motifs is 3. The molecule has 7 saturated carbocycles. The van der Waals surface area contributed by atoms with Gasteiger partial charge in [-0.1, -0.05) is 24.3 Å². The Kier molecular flexibility index (Phi) is 5.79. The number of halogens is 1. The fourth-order valence-electron chi connectivity index (χ4n) is 8.36. The molecule has 0 unspecified atom stereocenters. The number of hydrogen-bond donors (Lipinski definition) is 1. The Morgan fingerprint density at radius 3 is 2.26 bits per heavy atom. The van der Waals surface area contributed by atoms with E-state index in [-0.39, 0.29) is 16.7 Å². The number of carbonyl (C=O) groups excluding carboxylic acids is 1. The van der Waals surface area contributed by atoms with Crippen LogP contribution in [0.15, 0.2) is 52.9 Å². The summed E-state index contributed by atoms with van der Waals surface area (Å²) in [4.78, 5) is 16.2. The molecule has 1 amide bonds. The Balaban J connectivity index is 1.05. The van der Waals surface area contributed by atoms with Crippen LogP contribution in [0.5, 0.6) is 0 Å². The van der Waals surface area contributed by atoms with Gasteiger partial charge in [-0.05, 0) is 111 Å². The number of carbonyl (C=O) groups is 1. The van der Waals surface area contributed by atoms with Crippen molar-refractivity contribution < 1.29 is 22.0 Å². The summed E-state index contributed by atoms with van der Waals surface area (Å²) in [5.74, 6) is 2.11. The first-order chi connectivity index (χ1) is 20.5. The lowest BCUT2D eigenvalue weighted by Gasteiger charge is -2.65. The van der Waals surface area contributed by atoms with Crippen LogP contribution in [0.25, 0.3) is 11.1 Å². The molecule has 10 heteroatoms. The molecule has 1 aromatic heterocycles. The van der Waals surface area contributed by atoms with Gasteiger partial charge in [0, 0.05) is 29.3 Å². The van der Waals surface area contributed by atoms with Crippen molar-refractivity contribution >= 4 is 27.3 Å². The van der Waals surface area contributed by atoms with Crippen LogP contribution in [0.1, 0.15) is 88.3 Å². The maximum Gasteiger partial charge on any atom is 0.233 e. The van der Waals surface area contributed by atoms with Gasteiger partial charge in [-0.15, -0.1) is 10.2 Å². The van der Waals surface area contributed by atoms with E-state index in [1.54, 1.807) is 12.1 Å². The largest absolute Gasteiger partial charge is 0.424 e. The second kappa shape index (κ2) is 9.13. The number of sulfonamides is 1. The molecule has 8 nitrogen and oxygen atoms in total. The lowest BCUT2D eigenvalue weighted by molar-refractivity contribution is -0.211. The van der Waals surface area contributed by atoms with Gasteiger partial charge in [-0.3, -0.25) is 9.52 Å². The predicted molar refractivity (Wildman–Crippen MR) is 161 cm³/mol. The van der Waals surface area contributed by atoms with E-state index < -0.39 is 21.1 Å². The summed E-state index contributed by atoms with van der Waals surface area (Å²) in [6, 6.07) is 15.2. The average molecular weight is 605 g/mol. The molecule has 4 bridgehead atoms. The van der Waals surface area contributed by atoms with Crippen molar-refractivity contribution in [2.45, 2.75) is 87.6 Å². The molecule has 7 aliphatic carbocycles. The number of alkyl halides is 1. The SMILES string of the molecule is CS(=O)(=O)Nc1ccc(-c2cccc(N(CC34CCC(c5nnc(C6CC6)o5)(CC3)CC4)C(=O)C34CC(F)(C3)C4)c2)cc1. The van der Waals surface area contributed by atoms with Gasteiger partial charge in [0.25, 0.3) is 0 Å². The van der Waals surface area contributed by atoms with Crippen molar-refractivity contribution in [1.29, 1.82) is 0 Å². The standard InChI is InChI=1S/C33H37FN4O4S/c1-43(40,41)37-25-9-7-22(8-10-25)24-3-2-4-26(17-24)38(29(39)32-18-33(34,19-32)20-32)21-30-11-14-31(15-12-30,16-13-30)28-36-35-27(42-28)23-5-6-23/h2-4,7-10,17,23,37H,5-6,11-16,18-21H2,1H3. The fourth-order valence-corrected chi connectivity index (χ4v) is 8.92. The van der Waals surface area contributed by atoms with Gasteiger partial charge in [0.15, 0.2) is 0 Å². The first kappa shape index (κ1) is 27.3. The Morgan fingerprint density at radius 1 is 0.977 bits per heavy atom. The van der Waals surface area contributed by atoms with Crippen LogP contribution in [0, 0.1) is 10.8 Å². The third kappa shape index (κ3) is 4.67. The Morgan fingerprint density at radius 2 is 1.65 bits per heavy atom. The van der Waals surface area contributed by atoms with Crippen molar-refractivity contribution in [2.24, 2.45) is 10.8 Å². The van der Waals surface area contributed by atoms with Gasteiger partial charge < -0.3 is 9.32 Å². The highest BCUT2D eigenvalue weighted by molar-refractivity contribution is 7.92. The predicted octanol–water partition coefficient (Wildman–Crippen LogP) is 6.50. The normalized spacial score (nSPS) is 32.5. The van der Waals surface area contributed by atoms with Crippen LogP contribution in [0.2, 0.25) is 0 Å². The molecular formula is C33H37FN4O4S. The summed E-state index contributed by atoms with van der Waals surface area (Å²) in [7, 11) is -3.37. The van der Waals surface area contributed by atoms with E-state index in [4.69, 9.17) is 4.42 Å². The molecule has 226 valence electrons. The monoisotopic (exact) mass is 604 g/mol. The van der Waals surface area contributed by atoms with E-state index in [0.29, 0.717) is 37.4 Å². The van der Waals surface area contributed by atoms with E-state index in [9.17, 15) is 17.6 Å². The smallest absolute Gasteiger partial charge is 0.233 e. The lowest BCUT2D eigenvalue weighted by atomic mass is 9.41. The molecular weight excluding hydrogens is 567 g/mol. The number of nitrogens with zero attached hydrogens (tertiary/aromatic N) is 3. The first-order valence-electron chi connectivity index (χ1n) is 15.5. The van der Waals surface area contributed by atoms with Gasteiger partial charge in [0.05, 0.1) is 11.7 Å². The van der Waals surface area contributed by atoms with Crippen LogP contribution in [-0.2, 0) is 20.2 Å². The van der Waals surface area contributed by atoms with E-state index >= 15 is 0 Å². The number of rotatable bonds is 9. The zero-order valence-corrected chi connectivity index (χ0v) is 25.3. The van der Waals surface area contributed by atoms with Crippen LogP contribution in [0.3, 0.4) is 0 Å². The summed E-state index contributed by atoms with van der Waals surface area (Å²) in [5, 5.41) is 8.87. The molecule has 0 saturated heterocycles. The number of aromatic nitrogens is 2. The van der Waals surface area contributed by atoms with Gasteiger partial charge in [0.1, 0.15) is 5.67 Å². The molecule has 43 heavy (non-hydrogen) atoms. The van der Waals surface area contributed by atoms with Crippen LogP contribution >= 0.6 is 0 Å². The van der Waals surface area contributed by atoms with E-state index in [1.165, 1.54) is 0 Å². The highest BCUT2D eigenvalue weighted by Gasteiger charge is 2.73. The van der Waals surface area contributed by atoms with Gasteiger partial charge in [-0.25, -0.2) is 12.8 Å². The minimum absolute atomic E-state index is 0.00264. The summed E-state index contributed by atoms with van der Waals surface area (Å²) >= 11 is 0. The molecule has 2 aromatic carbocycles. The molecule has 3 aromatic rings. The van der Waals surface area contributed by atoms with Crippen molar-refractivity contribution in [2.75, 3.05) is 22.4 Å². The van der Waals surface area contributed by atoms with Gasteiger partial charge in [-0.2, -0.15) is 0 Å². The van der Waals surface area contributed by atoms with Crippen molar-refractivity contribution in [1.82, 2.24) is 10.2 Å². The minimum Gasteiger partial charge on any atom is -0.424 e. The van der Waals surface area contributed by atoms with Crippen molar-refractivity contribution in [3.05, 3.63) is 60.3 Å². The molecule has 0 aliphatic heterocycles. The molecule has 1 heterocycles. The second-order valence-electron chi connectivity index (χ2n) is 14.4. The summed E-state index contributed by atoms with van der Waals surface area (Å²) in [6.07, 6.45) is 10.3. The number of nitrogens with one attached hydrogen (secondary N) is 1. The fraction of sp³-hybridized carbons (Fsp3) is 0.545. The molecule has 7 fully saturated rings. The Bertz CT molecular complexity index is 1670. The maximum atomic E-state index is 14.6. The highest BCUT2D eigenvalue weighted by Crippen LogP contribution is 2.70. The average Bonchev–Trinajstić information content (AvgIpc) is 3.69. The first-order valence-corrected chi connectivity index (χ1v) is 17.4. The highest BCUT2D eigenvalue weighted by atomic mass is 32.2. The molecule has 7 aliphatic rings. The topological polar surface area (TPSA) is 105 Å². The molecule has 1 N–H and O–H groups in total. The lowest BCUT2D eigenvalue weighted by Crippen LogP contribution is -2.71. The summed E-state index contributed by atoms with van der Waals surface area (Å²) in [5.41, 5.74) is 1.42. The van der Waals surface area contributed by atoms with Crippen LogP contribution < -0.4 is 9.62 Å². The molecule has 0 spiro atoms. The Labute approximate surface area is 251 Å². The van der Waals surface area contributed by atoms with Crippen molar-refractivity contribution in [3.63, 3.8) is 0 Å². The second-order valence-corrected chi connectivity index (χ2v) is 16.1. The quantitative estimate of drug-likeness (QED) is 0.299. The van der Waals surface area contributed by atoms with E-state index in [0.717, 1.165) is 86.2 Å². The minimum atomic E-state index is -3.37. The van der Waals surface area contributed by atoms with Crippen LogP contribution in [0.4, 0.5) is 15.8 Å². The molecule has 0 atom stereocenters. The third-order valence-electron chi connectivity index (χ3n) is 11.1. The zero-order chi connectivity index (χ0) is 29.7. The molecule has 0 radical (unpaired) electrons. The summed E-state index contributed by atoms with van der Waals surface area (Å²) in [6.45, 7) is 0.626.